The molecule has 90 valence electrons. The minimum atomic E-state index is -0.448. The van der Waals surface area contributed by atoms with Crippen molar-refractivity contribution >= 4 is 0 Å². The predicted octanol–water partition coefficient (Wildman–Crippen LogP) is 2.03. The summed E-state index contributed by atoms with van der Waals surface area (Å²) in [5.74, 6) is -1.09. The summed E-state index contributed by atoms with van der Waals surface area (Å²) in [5, 5.41) is 9.00. The van der Waals surface area contributed by atoms with E-state index < -0.39 is 11.6 Å². The van der Waals surface area contributed by atoms with Crippen LogP contribution in [-0.4, -0.2) is 18.3 Å². The highest BCUT2D eigenvalue weighted by Crippen LogP contribution is 2.25. The van der Waals surface area contributed by atoms with Crippen molar-refractivity contribution in [3.63, 3.8) is 0 Å². The number of aliphatic hydroxyl groups is 1. The van der Waals surface area contributed by atoms with Gasteiger partial charge in [-0.25, -0.2) is 8.78 Å². The molecule has 0 aliphatic rings. The monoisotopic (exact) mass is 229 g/mol. The fourth-order valence-electron chi connectivity index (χ4n) is 1.76. The van der Waals surface area contributed by atoms with Gasteiger partial charge in [0, 0.05) is 6.61 Å². The number of aliphatic hydroxyl groups excluding tert-OH is 1. The Labute approximate surface area is 94.1 Å². The SMILES string of the molecule is CC(CC(CN)CO)c1cc(F)ccc1F. The van der Waals surface area contributed by atoms with Gasteiger partial charge in [-0.05, 0) is 48.6 Å². The van der Waals surface area contributed by atoms with Gasteiger partial charge in [0.1, 0.15) is 11.6 Å². The van der Waals surface area contributed by atoms with Crippen molar-refractivity contribution in [2.45, 2.75) is 19.3 Å². The zero-order valence-corrected chi connectivity index (χ0v) is 9.29. The summed E-state index contributed by atoms with van der Waals surface area (Å²) in [6, 6.07) is 3.42. The maximum atomic E-state index is 13.4. The Morgan fingerprint density at radius 1 is 1.38 bits per heavy atom. The van der Waals surface area contributed by atoms with E-state index in [1.54, 1.807) is 6.92 Å². The number of halogens is 2. The molecule has 16 heavy (non-hydrogen) atoms. The minimum absolute atomic E-state index is 0.0300. The fourth-order valence-corrected chi connectivity index (χ4v) is 1.76. The lowest BCUT2D eigenvalue weighted by molar-refractivity contribution is 0.216. The van der Waals surface area contributed by atoms with Gasteiger partial charge < -0.3 is 10.8 Å². The molecule has 1 aromatic rings. The Bertz CT molecular complexity index is 340. The van der Waals surface area contributed by atoms with Gasteiger partial charge in [0.25, 0.3) is 0 Å². The molecule has 0 fully saturated rings. The van der Waals surface area contributed by atoms with Crippen LogP contribution in [-0.2, 0) is 0 Å². The zero-order chi connectivity index (χ0) is 12.1. The summed E-state index contributed by atoms with van der Waals surface area (Å²) in [4.78, 5) is 0. The topological polar surface area (TPSA) is 46.2 Å². The van der Waals surface area contributed by atoms with Crippen LogP contribution >= 0.6 is 0 Å². The lowest BCUT2D eigenvalue weighted by atomic mass is 9.90. The molecule has 2 atom stereocenters. The van der Waals surface area contributed by atoms with Crippen molar-refractivity contribution in [3.8, 4) is 0 Å². The summed E-state index contributed by atoms with van der Waals surface area (Å²) >= 11 is 0. The number of rotatable bonds is 5. The number of hydrogen-bond acceptors (Lipinski definition) is 2. The number of nitrogens with two attached hydrogens (primary N) is 1. The van der Waals surface area contributed by atoms with Gasteiger partial charge in [-0.1, -0.05) is 6.92 Å². The Hall–Kier alpha value is -1.00. The molecule has 0 amide bonds. The summed E-state index contributed by atoms with van der Waals surface area (Å²) in [5.41, 5.74) is 5.79. The Kier molecular flexibility index (Phi) is 4.83. The quantitative estimate of drug-likeness (QED) is 0.811. The van der Waals surface area contributed by atoms with E-state index in [2.05, 4.69) is 0 Å². The van der Waals surface area contributed by atoms with E-state index in [4.69, 9.17) is 10.8 Å². The third-order valence-corrected chi connectivity index (χ3v) is 2.77. The van der Waals surface area contributed by atoms with Gasteiger partial charge in [-0.2, -0.15) is 0 Å². The largest absolute Gasteiger partial charge is 0.396 e. The van der Waals surface area contributed by atoms with Crippen molar-refractivity contribution in [2.24, 2.45) is 11.7 Å². The maximum absolute atomic E-state index is 13.4. The third-order valence-electron chi connectivity index (χ3n) is 2.77. The molecular formula is C12H17F2NO. The van der Waals surface area contributed by atoms with E-state index in [-0.39, 0.29) is 18.4 Å². The minimum Gasteiger partial charge on any atom is -0.396 e. The van der Waals surface area contributed by atoms with Gasteiger partial charge in [0.2, 0.25) is 0 Å². The van der Waals surface area contributed by atoms with Crippen LogP contribution in [0.25, 0.3) is 0 Å². The van der Waals surface area contributed by atoms with Crippen LogP contribution < -0.4 is 5.73 Å². The molecule has 0 aliphatic carbocycles. The lowest BCUT2D eigenvalue weighted by Crippen LogP contribution is -2.20. The van der Waals surface area contributed by atoms with E-state index in [0.29, 0.717) is 18.5 Å². The molecule has 0 heterocycles. The van der Waals surface area contributed by atoms with Crippen LogP contribution in [0.1, 0.15) is 24.8 Å². The van der Waals surface area contributed by atoms with Crippen LogP contribution in [0.5, 0.6) is 0 Å². The zero-order valence-electron chi connectivity index (χ0n) is 9.29. The van der Waals surface area contributed by atoms with Gasteiger partial charge >= 0.3 is 0 Å². The van der Waals surface area contributed by atoms with Gasteiger partial charge in [-0.15, -0.1) is 0 Å². The van der Waals surface area contributed by atoms with E-state index >= 15 is 0 Å². The Morgan fingerprint density at radius 3 is 2.62 bits per heavy atom. The molecule has 0 aromatic heterocycles. The van der Waals surface area contributed by atoms with E-state index in [1.807, 2.05) is 0 Å². The normalized spacial score (nSPS) is 14.8. The fraction of sp³-hybridized carbons (Fsp3) is 0.500. The molecule has 3 N–H and O–H groups in total. The van der Waals surface area contributed by atoms with Crippen molar-refractivity contribution in [2.75, 3.05) is 13.2 Å². The molecule has 0 radical (unpaired) electrons. The lowest BCUT2D eigenvalue weighted by Gasteiger charge is -2.18. The molecule has 2 nitrogen and oxygen atoms in total. The standard InChI is InChI=1S/C12H17F2NO/c1-8(4-9(6-15)7-16)11-5-10(13)2-3-12(11)14/h2-3,5,8-9,16H,4,6-7,15H2,1H3. The summed E-state index contributed by atoms with van der Waals surface area (Å²) in [6.07, 6.45) is 0.549. The van der Waals surface area contributed by atoms with Crippen molar-refractivity contribution in [1.82, 2.24) is 0 Å². The van der Waals surface area contributed by atoms with Gasteiger partial charge in [0.05, 0.1) is 0 Å². The first-order chi connectivity index (χ1) is 7.58. The second-order valence-corrected chi connectivity index (χ2v) is 4.09. The van der Waals surface area contributed by atoms with E-state index in [0.717, 1.165) is 12.1 Å². The Balaban J connectivity index is 2.79. The van der Waals surface area contributed by atoms with Crippen LogP contribution in [0, 0.1) is 17.6 Å². The highest BCUT2D eigenvalue weighted by molar-refractivity contribution is 5.22. The average Bonchev–Trinajstić information content (AvgIpc) is 2.28. The Morgan fingerprint density at radius 2 is 2.06 bits per heavy atom. The van der Waals surface area contributed by atoms with Crippen molar-refractivity contribution in [3.05, 3.63) is 35.4 Å². The highest BCUT2D eigenvalue weighted by Gasteiger charge is 2.16. The van der Waals surface area contributed by atoms with Crippen LogP contribution in [0.15, 0.2) is 18.2 Å². The van der Waals surface area contributed by atoms with E-state index in [9.17, 15) is 8.78 Å². The number of benzene rings is 1. The number of hydrogen-bond donors (Lipinski definition) is 2. The molecule has 0 saturated heterocycles. The first-order valence-corrected chi connectivity index (χ1v) is 5.34. The third kappa shape index (κ3) is 3.25. The summed E-state index contributed by atoms with van der Waals surface area (Å²) in [6.45, 7) is 2.12. The molecule has 1 aromatic carbocycles. The van der Waals surface area contributed by atoms with Gasteiger partial charge in [-0.3, -0.25) is 0 Å². The van der Waals surface area contributed by atoms with Crippen LogP contribution in [0.4, 0.5) is 8.78 Å². The first kappa shape index (κ1) is 13.1. The van der Waals surface area contributed by atoms with Crippen LogP contribution in [0.3, 0.4) is 0 Å². The molecule has 2 unspecified atom stereocenters. The summed E-state index contributed by atoms with van der Waals surface area (Å²) in [7, 11) is 0. The highest BCUT2D eigenvalue weighted by atomic mass is 19.1. The first-order valence-electron chi connectivity index (χ1n) is 5.34. The second-order valence-electron chi connectivity index (χ2n) is 4.09. The molecular weight excluding hydrogens is 212 g/mol. The average molecular weight is 229 g/mol. The van der Waals surface area contributed by atoms with Crippen molar-refractivity contribution < 1.29 is 13.9 Å². The molecule has 1 rings (SSSR count). The molecule has 4 heteroatoms. The van der Waals surface area contributed by atoms with Crippen LogP contribution in [0.2, 0.25) is 0 Å². The molecule has 0 spiro atoms. The smallest absolute Gasteiger partial charge is 0.126 e. The predicted molar refractivity (Wildman–Crippen MR) is 59.0 cm³/mol. The maximum Gasteiger partial charge on any atom is 0.126 e. The summed E-state index contributed by atoms with van der Waals surface area (Å²) < 4.78 is 26.4. The second kappa shape index (κ2) is 5.92. The molecule has 0 aliphatic heterocycles. The van der Waals surface area contributed by atoms with E-state index in [1.165, 1.54) is 6.07 Å². The van der Waals surface area contributed by atoms with Gasteiger partial charge in [0.15, 0.2) is 0 Å². The van der Waals surface area contributed by atoms with Crippen molar-refractivity contribution in [1.29, 1.82) is 0 Å². The molecule has 0 saturated carbocycles. The molecule has 0 bridgehead atoms.